The van der Waals surface area contributed by atoms with Crippen LogP contribution in [0.4, 0.5) is 0 Å². The SMILES string of the molecule is Cc1noc(C)c1C(=O)N1CCC[C@](C)(C(=O)NC2CCCC2)C1. The molecule has 3 rings (SSSR count). The fourth-order valence-electron chi connectivity index (χ4n) is 3.97. The summed E-state index contributed by atoms with van der Waals surface area (Å²) in [5.41, 5.74) is 0.630. The van der Waals surface area contributed by atoms with Gasteiger partial charge in [0.15, 0.2) is 0 Å². The maximum absolute atomic E-state index is 12.9. The van der Waals surface area contributed by atoms with Gasteiger partial charge >= 0.3 is 0 Å². The average molecular weight is 333 g/mol. The number of carbonyl (C=O) groups excluding carboxylic acids is 2. The van der Waals surface area contributed by atoms with Gasteiger partial charge in [-0.2, -0.15) is 0 Å². The molecular formula is C18H27N3O3. The number of hydrogen-bond donors (Lipinski definition) is 1. The fraction of sp³-hybridized carbons (Fsp3) is 0.722. The van der Waals surface area contributed by atoms with Crippen LogP contribution in [0.5, 0.6) is 0 Å². The normalized spacial score (nSPS) is 25.0. The highest BCUT2D eigenvalue weighted by molar-refractivity contribution is 5.96. The topological polar surface area (TPSA) is 75.4 Å². The van der Waals surface area contributed by atoms with Crippen molar-refractivity contribution in [2.45, 2.75) is 65.3 Å². The summed E-state index contributed by atoms with van der Waals surface area (Å²) in [5.74, 6) is 0.552. The molecule has 2 aliphatic rings. The van der Waals surface area contributed by atoms with Crippen molar-refractivity contribution < 1.29 is 14.1 Å². The monoisotopic (exact) mass is 333 g/mol. The quantitative estimate of drug-likeness (QED) is 0.922. The van der Waals surface area contributed by atoms with Gasteiger partial charge in [-0.15, -0.1) is 0 Å². The zero-order chi connectivity index (χ0) is 17.3. The van der Waals surface area contributed by atoms with E-state index < -0.39 is 5.41 Å². The van der Waals surface area contributed by atoms with Gasteiger partial charge in [-0.05, 0) is 46.5 Å². The standard InChI is InChI=1S/C18H27N3O3/c1-12-15(13(2)24-20-12)16(22)21-10-6-9-18(3,11-21)17(23)19-14-7-4-5-8-14/h14H,4-11H2,1-3H3,(H,19,23)/t18-/m0/s1. The number of amides is 2. The Balaban J connectivity index is 1.71. The predicted octanol–water partition coefficient (Wildman–Crippen LogP) is 2.59. The Morgan fingerprint density at radius 3 is 2.58 bits per heavy atom. The molecule has 1 aromatic rings. The Hall–Kier alpha value is -1.85. The van der Waals surface area contributed by atoms with Crippen LogP contribution in [0.1, 0.15) is 67.3 Å². The first-order chi connectivity index (χ1) is 11.4. The molecule has 0 aromatic carbocycles. The molecule has 1 aromatic heterocycles. The average Bonchev–Trinajstić information content (AvgIpc) is 3.17. The number of aromatic nitrogens is 1. The van der Waals surface area contributed by atoms with Crippen LogP contribution in [-0.2, 0) is 4.79 Å². The minimum atomic E-state index is -0.518. The number of nitrogens with one attached hydrogen (secondary N) is 1. The Morgan fingerprint density at radius 1 is 1.25 bits per heavy atom. The first-order valence-electron chi connectivity index (χ1n) is 8.94. The molecule has 1 aliphatic heterocycles. The second-order valence-electron chi connectivity index (χ2n) is 7.54. The van der Waals surface area contributed by atoms with Crippen LogP contribution in [0, 0.1) is 19.3 Å². The lowest BCUT2D eigenvalue weighted by Crippen LogP contribution is -2.53. The zero-order valence-corrected chi connectivity index (χ0v) is 14.9. The van der Waals surface area contributed by atoms with Gasteiger partial charge in [0, 0.05) is 19.1 Å². The summed E-state index contributed by atoms with van der Waals surface area (Å²) in [4.78, 5) is 27.4. The molecule has 2 amide bonds. The molecule has 2 heterocycles. The second kappa shape index (κ2) is 6.57. The molecule has 6 nitrogen and oxygen atoms in total. The van der Waals surface area contributed by atoms with E-state index in [-0.39, 0.29) is 11.8 Å². The van der Waals surface area contributed by atoms with Crippen molar-refractivity contribution in [1.82, 2.24) is 15.4 Å². The number of hydrogen-bond acceptors (Lipinski definition) is 4. The van der Waals surface area contributed by atoms with Gasteiger partial charge in [0.2, 0.25) is 5.91 Å². The van der Waals surface area contributed by atoms with E-state index in [4.69, 9.17) is 4.52 Å². The summed E-state index contributed by atoms with van der Waals surface area (Å²) >= 11 is 0. The Kier molecular flexibility index (Phi) is 4.65. The molecule has 1 aliphatic carbocycles. The minimum absolute atomic E-state index is 0.0779. The van der Waals surface area contributed by atoms with E-state index in [9.17, 15) is 9.59 Å². The third kappa shape index (κ3) is 3.19. The number of likely N-dealkylation sites (tertiary alicyclic amines) is 1. The summed E-state index contributed by atoms with van der Waals surface area (Å²) in [6.45, 7) is 6.64. The van der Waals surface area contributed by atoms with E-state index in [0.29, 0.717) is 36.1 Å². The van der Waals surface area contributed by atoms with Crippen molar-refractivity contribution in [2.24, 2.45) is 5.41 Å². The van der Waals surface area contributed by atoms with Gasteiger partial charge in [-0.1, -0.05) is 18.0 Å². The molecular weight excluding hydrogens is 306 g/mol. The first kappa shape index (κ1) is 17.0. The molecule has 0 radical (unpaired) electrons. The van der Waals surface area contributed by atoms with Crippen molar-refractivity contribution in [3.63, 3.8) is 0 Å². The van der Waals surface area contributed by atoms with Gasteiger partial charge in [0.05, 0.1) is 11.1 Å². The van der Waals surface area contributed by atoms with Crippen molar-refractivity contribution in [2.75, 3.05) is 13.1 Å². The molecule has 1 N–H and O–H groups in total. The molecule has 1 atom stereocenters. The van der Waals surface area contributed by atoms with Crippen molar-refractivity contribution in [3.05, 3.63) is 17.0 Å². The maximum atomic E-state index is 12.9. The largest absolute Gasteiger partial charge is 0.361 e. The smallest absolute Gasteiger partial charge is 0.259 e. The lowest BCUT2D eigenvalue weighted by molar-refractivity contribution is -0.133. The van der Waals surface area contributed by atoms with Crippen LogP contribution < -0.4 is 5.32 Å². The molecule has 0 unspecified atom stereocenters. The summed E-state index contributed by atoms with van der Waals surface area (Å²) in [5, 5.41) is 7.07. The van der Waals surface area contributed by atoms with E-state index in [2.05, 4.69) is 10.5 Å². The third-order valence-electron chi connectivity index (χ3n) is 5.47. The maximum Gasteiger partial charge on any atom is 0.259 e. The molecule has 1 saturated heterocycles. The summed E-state index contributed by atoms with van der Waals surface area (Å²) in [7, 11) is 0. The Labute approximate surface area is 142 Å². The number of piperidine rings is 1. The summed E-state index contributed by atoms with van der Waals surface area (Å²) < 4.78 is 5.12. The number of rotatable bonds is 3. The van der Waals surface area contributed by atoms with Crippen LogP contribution in [0.15, 0.2) is 4.52 Å². The highest BCUT2D eigenvalue weighted by atomic mass is 16.5. The minimum Gasteiger partial charge on any atom is -0.361 e. The molecule has 6 heteroatoms. The predicted molar refractivity (Wildman–Crippen MR) is 89.6 cm³/mol. The molecule has 0 bridgehead atoms. The van der Waals surface area contributed by atoms with Crippen LogP contribution in [-0.4, -0.2) is 41.0 Å². The van der Waals surface area contributed by atoms with Crippen molar-refractivity contribution in [3.8, 4) is 0 Å². The van der Waals surface area contributed by atoms with Gasteiger partial charge in [-0.25, -0.2) is 0 Å². The van der Waals surface area contributed by atoms with Crippen molar-refractivity contribution in [1.29, 1.82) is 0 Å². The van der Waals surface area contributed by atoms with Gasteiger partial charge in [-0.3, -0.25) is 9.59 Å². The van der Waals surface area contributed by atoms with Crippen LogP contribution >= 0.6 is 0 Å². The fourth-order valence-corrected chi connectivity index (χ4v) is 3.97. The van der Waals surface area contributed by atoms with Crippen molar-refractivity contribution >= 4 is 11.8 Å². The van der Waals surface area contributed by atoms with E-state index in [0.717, 1.165) is 25.7 Å². The highest BCUT2D eigenvalue weighted by Gasteiger charge is 2.41. The number of carbonyl (C=O) groups is 2. The summed E-state index contributed by atoms with van der Waals surface area (Å²) in [6, 6.07) is 0.308. The number of aryl methyl sites for hydroxylation is 2. The molecule has 1 saturated carbocycles. The molecule has 2 fully saturated rings. The Morgan fingerprint density at radius 2 is 1.96 bits per heavy atom. The zero-order valence-electron chi connectivity index (χ0n) is 14.9. The van der Waals surface area contributed by atoms with Gasteiger partial charge in [0.25, 0.3) is 5.91 Å². The van der Waals surface area contributed by atoms with Gasteiger partial charge < -0.3 is 14.7 Å². The van der Waals surface area contributed by atoms with E-state index in [1.807, 2.05) is 6.92 Å². The molecule has 24 heavy (non-hydrogen) atoms. The lowest BCUT2D eigenvalue weighted by atomic mass is 9.80. The third-order valence-corrected chi connectivity index (χ3v) is 5.47. The van der Waals surface area contributed by atoms with Gasteiger partial charge in [0.1, 0.15) is 11.3 Å². The molecule has 0 spiro atoms. The van der Waals surface area contributed by atoms with Crippen LogP contribution in [0.2, 0.25) is 0 Å². The highest BCUT2D eigenvalue weighted by Crippen LogP contribution is 2.32. The Bertz CT molecular complexity index is 614. The van der Waals surface area contributed by atoms with Crippen LogP contribution in [0.3, 0.4) is 0 Å². The second-order valence-corrected chi connectivity index (χ2v) is 7.54. The first-order valence-corrected chi connectivity index (χ1v) is 8.94. The molecule has 132 valence electrons. The van der Waals surface area contributed by atoms with E-state index in [1.54, 1.807) is 18.7 Å². The number of nitrogens with zero attached hydrogens (tertiary/aromatic N) is 2. The van der Waals surface area contributed by atoms with E-state index in [1.165, 1.54) is 12.8 Å². The van der Waals surface area contributed by atoms with E-state index >= 15 is 0 Å². The summed E-state index contributed by atoms with van der Waals surface area (Å²) in [6.07, 6.45) is 6.18. The van der Waals surface area contributed by atoms with Crippen LogP contribution in [0.25, 0.3) is 0 Å². The lowest BCUT2D eigenvalue weighted by Gasteiger charge is -2.39.